The first-order chi connectivity index (χ1) is 11.1. The third-order valence-corrected chi connectivity index (χ3v) is 4.92. The Morgan fingerprint density at radius 2 is 2.17 bits per heavy atom. The maximum atomic E-state index is 5.69. The molecule has 1 aromatic heterocycles. The predicted molar refractivity (Wildman–Crippen MR) is 114 cm³/mol. The number of guanidine groups is 1. The van der Waals surface area contributed by atoms with Crippen molar-refractivity contribution < 1.29 is 4.74 Å². The summed E-state index contributed by atoms with van der Waals surface area (Å²) in [5.41, 5.74) is 0. The summed E-state index contributed by atoms with van der Waals surface area (Å²) < 4.78 is 5.69. The first kappa shape index (κ1) is 21.7. The SMILES string of the molecule is CN=C(NCC(C)C)NCC(c1cccs1)N1CCOC(C)C1.I. The van der Waals surface area contributed by atoms with Crippen molar-refractivity contribution in [1.29, 1.82) is 0 Å². The van der Waals surface area contributed by atoms with Crippen LogP contribution in [0.5, 0.6) is 0 Å². The van der Waals surface area contributed by atoms with Crippen LogP contribution in [0.4, 0.5) is 0 Å². The number of hydrogen-bond acceptors (Lipinski definition) is 4. The van der Waals surface area contributed by atoms with Crippen LogP contribution >= 0.6 is 35.3 Å². The number of nitrogens with zero attached hydrogens (tertiary/aromatic N) is 2. The Morgan fingerprint density at radius 3 is 2.75 bits per heavy atom. The molecule has 5 nitrogen and oxygen atoms in total. The van der Waals surface area contributed by atoms with E-state index < -0.39 is 0 Å². The van der Waals surface area contributed by atoms with Crippen molar-refractivity contribution >= 4 is 41.3 Å². The summed E-state index contributed by atoms with van der Waals surface area (Å²) >= 11 is 1.82. The van der Waals surface area contributed by atoms with Gasteiger partial charge in [0.15, 0.2) is 5.96 Å². The van der Waals surface area contributed by atoms with E-state index in [2.05, 4.69) is 58.8 Å². The van der Waals surface area contributed by atoms with Gasteiger partial charge in [-0.15, -0.1) is 35.3 Å². The minimum Gasteiger partial charge on any atom is -0.376 e. The van der Waals surface area contributed by atoms with E-state index in [4.69, 9.17) is 4.74 Å². The molecule has 7 heteroatoms. The van der Waals surface area contributed by atoms with Crippen LogP contribution in [0.25, 0.3) is 0 Å². The smallest absolute Gasteiger partial charge is 0.191 e. The largest absolute Gasteiger partial charge is 0.376 e. The lowest BCUT2D eigenvalue weighted by atomic mass is 10.1. The fourth-order valence-electron chi connectivity index (χ4n) is 2.73. The minimum absolute atomic E-state index is 0. The van der Waals surface area contributed by atoms with Gasteiger partial charge >= 0.3 is 0 Å². The first-order valence-corrected chi connectivity index (χ1v) is 9.31. The Hall–Kier alpha value is -0.380. The summed E-state index contributed by atoms with van der Waals surface area (Å²) in [6, 6.07) is 4.71. The molecule has 0 aromatic carbocycles. The van der Waals surface area contributed by atoms with Crippen LogP contribution in [-0.4, -0.2) is 56.8 Å². The van der Waals surface area contributed by atoms with Gasteiger partial charge in [-0.25, -0.2) is 0 Å². The van der Waals surface area contributed by atoms with Crippen LogP contribution in [0.15, 0.2) is 22.5 Å². The van der Waals surface area contributed by atoms with Crippen molar-refractivity contribution in [1.82, 2.24) is 15.5 Å². The molecule has 138 valence electrons. The molecule has 0 aliphatic carbocycles. The molecule has 2 unspecified atom stereocenters. The second-order valence-electron chi connectivity index (χ2n) is 6.44. The molecule has 1 aromatic rings. The summed E-state index contributed by atoms with van der Waals surface area (Å²) in [4.78, 5) is 8.24. The van der Waals surface area contributed by atoms with Crippen molar-refractivity contribution in [2.75, 3.05) is 39.8 Å². The van der Waals surface area contributed by atoms with Gasteiger partial charge in [0.1, 0.15) is 0 Å². The van der Waals surface area contributed by atoms with E-state index in [0.717, 1.165) is 38.7 Å². The standard InChI is InChI=1S/C17H30N4OS.HI/c1-13(2)10-19-17(18-4)20-11-15(16-6-5-9-23-16)21-7-8-22-14(3)12-21;/h5-6,9,13-15H,7-8,10-12H2,1-4H3,(H2,18,19,20);1H. The maximum Gasteiger partial charge on any atom is 0.191 e. The highest BCUT2D eigenvalue weighted by atomic mass is 127. The van der Waals surface area contributed by atoms with Crippen molar-refractivity contribution in [3.8, 4) is 0 Å². The average molecular weight is 466 g/mol. The Morgan fingerprint density at radius 1 is 1.42 bits per heavy atom. The van der Waals surface area contributed by atoms with Gasteiger partial charge in [-0.05, 0) is 24.3 Å². The topological polar surface area (TPSA) is 48.9 Å². The van der Waals surface area contributed by atoms with E-state index >= 15 is 0 Å². The molecule has 2 N–H and O–H groups in total. The van der Waals surface area contributed by atoms with Crippen LogP contribution in [0.2, 0.25) is 0 Å². The van der Waals surface area contributed by atoms with Gasteiger partial charge in [-0.2, -0.15) is 0 Å². The zero-order chi connectivity index (χ0) is 16.7. The van der Waals surface area contributed by atoms with Crippen LogP contribution < -0.4 is 10.6 Å². The first-order valence-electron chi connectivity index (χ1n) is 8.43. The second kappa shape index (κ2) is 11.3. The fourth-order valence-corrected chi connectivity index (χ4v) is 3.59. The molecule has 1 fully saturated rings. The van der Waals surface area contributed by atoms with Crippen molar-refractivity contribution in [3.63, 3.8) is 0 Å². The van der Waals surface area contributed by atoms with Crippen LogP contribution in [-0.2, 0) is 4.74 Å². The molecule has 1 saturated heterocycles. The molecular formula is C17H31IN4OS. The van der Waals surface area contributed by atoms with Gasteiger partial charge in [-0.1, -0.05) is 19.9 Å². The number of aliphatic imine (C=N–C) groups is 1. The van der Waals surface area contributed by atoms with E-state index in [0.29, 0.717) is 18.1 Å². The number of hydrogen-bond donors (Lipinski definition) is 2. The third-order valence-electron chi connectivity index (χ3n) is 3.95. The van der Waals surface area contributed by atoms with Crippen LogP contribution in [0.3, 0.4) is 0 Å². The molecule has 2 atom stereocenters. The molecule has 24 heavy (non-hydrogen) atoms. The van der Waals surface area contributed by atoms with E-state index in [1.54, 1.807) is 0 Å². The average Bonchev–Trinajstić information content (AvgIpc) is 3.04. The lowest BCUT2D eigenvalue weighted by Crippen LogP contribution is -2.48. The number of nitrogens with one attached hydrogen (secondary N) is 2. The van der Waals surface area contributed by atoms with Gasteiger partial charge in [0.25, 0.3) is 0 Å². The Kier molecular flexibility index (Phi) is 10.2. The summed E-state index contributed by atoms with van der Waals surface area (Å²) in [5.74, 6) is 1.48. The molecule has 2 heterocycles. The Bertz CT molecular complexity index is 481. The van der Waals surface area contributed by atoms with Gasteiger partial charge in [0.2, 0.25) is 0 Å². The van der Waals surface area contributed by atoms with Gasteiger partial charge in [0.05, 0.1) is 18.8 Å². The number of ether oxygens (including phenoxy) is 1. The molecule has 0 amide bonds. The van der Waals surface area contributed by atoms with E-state index in [1.165, 1.54) is 4.88 Å². The lowest BCUT2D eigenvalue weighted by Gasteiger charge is -2.37. The molecule has 2 rings (SSSR count). The summed E-state index contributed by atoms with van der Waals surface area (Å²) in [7, 11) is 1.83. The molecular weight excluding hydrogens is 435 g/mol. The summed E-state index contributed by atoms with van der Waals surface area (Å²) in [6.07, 6.45) is 0.296. The zero-order valence-corrected chi connectivity index (χ0v) is 18.3. The van der Waals surface area contributed by atoms with E-state index in [-0.39, 0.29) is 24.0 Å². The molecule has 0 radical (unpaired) electrons. The predicted octanol–water partition coefficient (Wildman–Crippen LogP) is 2.95. The van der Waals surface area contributed by atoms with E-state index in [9.17, 15) is 0 Å². The van der Waals surface area contributed by atoms with Gasteiger partial charge in [-0.3, -0.25) is 9.89 Å². The highest BCUT2D eigenvalue weighted by molar-refractivity contribution is 14.0. The molecule has 1 aliphatic rings. The molecule has 0 spiro atoms. The highest BCUT2D eigenvalue weighted by Crippen LogP contribution is 2.26. The maximum absolute atomic E-state index is 5.69. The monoisotopic (exact) mass is 466 g/mol. The van der Waals surface area contributed by atoms with Crippen LogP contribution in [0.1, 0.15) is 31.7 Å². The summed E-state index contributed by atoms with van der Waals surface area (Å²) in [5, 5.41) is 9.02. The fraction of sp³-hybridized carbons (Fsp3) is 0.706. The van der Waals surface area contributed by atoms with Gasteiger partial charge in [0, 0.05) is 38.1 Å². The Labute approximate surface area is 167 Å². The number of rotatable bonds is 6. The number of halogens is 1. The molecule has 0 saturated carbocycles. The second-order valence-corrected chi connectivity index (χ2v) is 7.41. The van der Waals surface area contributed by atoms with Crippen LogP contribution in [0, 0.1) is 5.92 Å². The number of morpholine rings is 1. The minimum atomic E-state index is 0. The Balaban J connectivity index is 0.00000288. The number of thiophene rings is 1. The normalized spacial score (nSPS) is 20.5. The van der Waals surface area contributed by atoms with Crippen molar-refractivity contribution in [2.24, 2.45) is 10.9 Å². The highest BCUT2D eigenvalue weighted by Gasteiger charge is 2.26. The van der Waals surface area contributed by atoms with Crippen molar-refractivity contribution in [3.05, 3.63) is 22.4 Å². The molecule has 1 aliphatic heterocycles. The van der Waals surface area contributed by atoms with Crippen molar-refractivity contribution in [2.45, 2.75) is 32.9 Å². The van der Waals surface area contributed by atoms with Gasteiger partial charge < -0.3 is 15.4 Å². The summed E-state index contributed by atoms with van der Waals surface area (Å²) in [6.45, 7) is 11.1. The lowest BCUT2D eigenvalue weighted by molar-refractivity contribution is -0.0334. The third kappa shape index (κ3) is 6.85. The quantitative estimate of drug-likeness (QED) is 0.385. The van der Waals surface area contributed by atoms with E-state index in [1.807, 2.05) is 18.4 Å². The molecule has 0 bridgehead atoms. The zero-order valence-electron chi connectivity index (χ0n) is 15.1.